The molecule has 1 amide bonds. The fourth-order valence-corrected chi connectivity index (χ4v) is 4.69. The van der Waals surface area contributed by atoms with Crippen molar-refractivity contribution in [1.82, 2.24) is 18.9 Å². The first-order valence-electron chi connectivity index (χ1n) is 11.0. The molecule has 1 saturated heterocycles. The van der Waals surface area contributed by atoms with Crippen LogP contribution in [-0.4, -0.2) is 37.3 Å². The minimum atomic E-state index is -0.146. The summed E-state index contributed by atoms with van der Waals surface area (Å²) in [5.41, 5.74) is 2.60. The molecule has 31 heavy (non-hydrogen) atoms. The fraction of sp³-hybridized carbons (Fsp3) is 0.320. The predicted molar refractivity (Wildman–Crippen MR) is 121 cm³/mol. The molecule has 1 unspecified atom stereocenters. The SMILES string of the molecule is CCC1CCCCN1C(=O)c1cc2c(=O)n3ccccc3nc2n1Cc1ccccc1. The highest BCUT2D eigenvalue weighted by Gasteiger charge is 2.29. The van der Waals surface area contributed by atoms with Gasteiger partial charge in [-0.05, 0) is 49.4 Å². The average Bonchev–Trinajstić information content (AvgIpc) is 3.18. The molecule has 6 nitrogen and oxygen atoms in total. The zero-order chi connectivity index (χ0) is 21.4. The maximum Gasteiger partial charge on any atom is 0.270 e. The second-order valence-corrected chi connectivity index (χ2v) is 8.24. The molecule has 1 atom stereocenters. The third kappa shape index (κ3) is 3.42. The number of carbonyl (C=O) groups excluding carboxylic acids is 1. The number of hydrogen-bond acceptors (Lipinski definition) is 3. The highest BCUT2D eigenvalue weighted by molar-refractivity contribution is 5.98. The summed E-state index contributed by atoms with van der Waals surface area (Å²) in [4.78, 5) is 33.7. The lowest BCUT2D eigenvalue weighted by Gasteiger charge is -2.35. The largest absolute Gasteiger partial charge is 0.334 e. The van der Waals surface area contributed by atoms with E-state index in [-0.39, 0.29) is 17.5 Å². The van der Waals surface area contributed by atoms with Crippen LogP contribution in [0.15, 0.2) is 65.6 Å². The molecule has 1 aliphatic rings. The van der Waals surface area contributed by atoms with Gasteiger partial charge in [0.1, 0.15) is 17.0 Å². The van der Waals surface area contributed by atoms with Crippen molar-refractivity contribution in [2.24, 2.45) is 0 Å². The standard InChI is InChI=1S/C25H26N4O2/c1-2-19-12-6-8-14-27(19)25(31)21-16-20-23(29(21)17-18-10-4-3-5-11-18)26-22-13-7-9-15-28(22)24(20)30/h3-5,7,9-11,13,15-16,19H,2,6,8,12,14,17H2,1H3. The molecule has 0 radical (unpaired) electrons. The number of nitrogens with zero attached hydrogens (tertiary/aromatic N) is 4. The number of aromatic nitrogens is 3. The van der Waals surface area contributed by atoms with Crippen LogP contribution in [0.1, 0.15) is 48.7 Å². The number of piperidine rings is 1. The van der Waals surface area contributed by atoms with Crippen molar-refractivity contribution in [3.8, 4) is 0 Å². The van der Waals surface area contributed by atoms with Crippen LogP contribution < -0.4 is 5.56 Å². The van der Waals surface area contributed by atoms with E-state index in [1.807, 2.05) is 58.0 Å². The molecule has 158 valence electrons. The second-order valence-electron chi connectivity index (χ2n) is 8.24. The molecule has 0 bridgehead atoms. The number of hydrogen-bond donors (Lipinski definition) is 0. The number of amides is 1. The van der Waals surface area contributed by atoms with Crippen LogP contribution >= 0.6 is 0 Å². The van der Waals surface area contributed by atoms with E-state index in [1.165, 1.54) is 0 Å². The van der Waals surface area contributed by atoms with Crippen molar-refractivity contribution in [2.45, 2.75) is 45.2 Å². The lowest BCUT2D eigenvalue weighted by Crippen LogP contribution is -2.44. The van der Waals surface area contributed by atoms with Gasteiger partial charge in [0.05, 0.1) is 5.39 Å². The van der Waals surface area contributed by atoms with Crippen LogP contribution in [0.5, 0.6) is 0 Å². The minimum Gasteiger partial charge on any atom is -0.334 e. The van der Waals surface area contributed by atoms with Crippen molar-refractivity contribution in [3.05, 3.63) is 82.4 Å². The van der Waals surface area contributed by atoms with Gasteiger partial charge in [-0.3, -0.25) is 14.0 Å². The lowest BCUT2D eigenvalue weighted by atomic mass is 9.99. The summed E-state index contributed by atoms with van der Waals surface area (Å²) >= 11 is 0. The molecule has 1 fully saturated rings. The first-order valence-corrected chi connectivity index (χ1v) is 11.0. The summed E-state index contributed by atoms with van der Waals surface area (Å²) in [5.74, 6) is -0.00561. The van der Waals surface area contributed by atoms with E-state index in [1.54, 1.807) is 16.7 Å². The Kier molecular flexibility index (Phi) is 5.06. The van der Waals surface area contributed by atoms with Crippen LogP contribution in [0.2, 0.25) is 0 Å². The molecule has 6 heteroatoms. The number of rotatable bonds is 4. The molecule has 1 aliphatic heterocycles. The molecule has 0 saturated carbocycles. The highest BCUT2D eigenvalue weighted by atomic mass is 16.2. The summed E-state index contributed by atoms with van der Waals surface area (Å²) in [5, 5.41) is 0.480. The zero-order valence-electron chi connectivity index (χ0n) is 17.7. The first-order chi connectivity index (χ1) is 15.2. The molecule has 0 spiro atoms. The van der Waals surface area contributed by atoms with E-state index in [0.29, 0.717) is 28.9 Å². The zero-order valence-corrected chi connectivity index (χ0v) is 17.7. The minimum absolute atomic E-state index is 0.00561. The summed E-state index contributed by atoms with van der Waals surface area (Å²) in [6, 6.07) is 17.5. The topological polar surface area (TPSA) is 59.6 Å². The molecular weight excluding hydrogens is 388 g/mol. The van der Waals surface area contributed by atoms with Crippen molar-refractivity contribution in [1.29, 1.82) is 0 Å². The summed E-state index contributed by atoms with van der Waals surface area (Å²) in [6.45, 7) is 3.39. The molecule has 3 aromatic heterocycles. The molecule has 4 heterocycles. The van der Waals surface area contributed by atoms with Gasteiger partial charge >= 0.3 is 0 Å². The third-order valence-corrected chi connectivity index (χ3v) is 6.34. The normalized spacial score (nSPS) is 16.8. The average molecular weight is 415 g/mol. The van der Waals surface area contributed by atoms with E-state index in [0.717, 1.165) is 37.8 Å². The maximum atomic E-state index is 13.7. The number of benzene rings is 1. The Labute approximate surface area is 180 Å². The summed E-state index contributed by atoms with van der Waals surface area (Å²) < 4.78 is 3.46. The maximum absolute atomic E-state index is 13.7. The van der Waals surface area contributed by atoms with E-state index >= 15 is 0 Å². The number of fused-ring (bicyclic) bond motifs is 2. The fourth-order valence-electron chi connectivity index (χ4n) is 4.69. The van der Waals surface area contributed by atoms with Gasteiger partial charge in [-0.2, -0.15) is 0 Å². The smallest absolute Gasteiger partial charge is 0.270 e. The Balaban J connectivity index is 1.71. The Hall–Kier alpha value is -3.41. The van der Waals surface area contributed by atoms with Crippen molar-refractivity contribution < 1.29 is 4.79 Å². The van der Waals surface area contributed by atoms with E-state index in [4.69, 9.17) is 4.98 Å². The van der Waals surface area contributed by atoms with Gasteiger partial charge in [0.15, 0.2) is 0 Å². The molecule has 0 aliphatic carbocycles. The molecule has 5 rings (SSSR count). The summed E-state index contributed by atoms with van der Waals surface area (Å²) in [6.07, 6.45) is 5.87. The number of pyridine rings is 1. The van der Waals surface area contributed by atoms with Gasteiger partial charge in [-0.25, -0.2) is 4.98 Å². The second kappa shape index (κ2) is 8.02. The van der Waals surface area contributed by atoms with Crippen molar-refractivity contribution in [2.75, 3.05) is 6.54 Å². The van der Waals surface area contributed by atoms with Crippen LogP contribution in [0.4, 0.5) is 0 Å². The number of carbonyl (C=O) groups is 1. The van der Waals surface area contributed by atoms with Gasteiger partial charge in [0.25, 0.3) is 11.5 Å². The van der Waals surface area contributed by atoms with Crippen LogP contribution in [0, 0.1) is 0 Å². The van der Waals surface area contributed by atoms with Gasteiger partial charge in [0.2, 0.25) is 0 Å². The van der Waals surface area contributed by atoms with Crippen LogP contribution in [0.3, 0.4) is 0 Å². The van der Waals surface area contributed by atoms with E-state index in [2.05, 4.69) is 6.92 Å². The summed E-state index contributed by atoms with van der Waals surface area (Å²) in [7, 11) is 0. The third-order valence-electron chi connectivity index (χ3n) is 6.34. The van der Waals surface area contributed by atoms with Crippen LogP contribution in [-0.2, 0) is 6.54 Å². The van der Waals surface area contributed by atoms with Crippen molar-refractivity contribution >= 4 is 22.6 Å². The number of likely N-dealkylation sites (tertiary alicyclic amines) is 1. The lowest BCUT2D eigenvalue weighted by molar-refractivity contribution is 0.0598. The monoisotopic (exact) mass is 414 g/mol. The van der Waals surface area contributed by atoms with Crippen LogP contribution in [0.25, 0.3) is 16.7 Å². The van der Waals surface area contributed by atoms with Gasteiger partial charge in [-0.15, -0.1) is 0 Å². The van der Waals surface area contributed by atoms with Gasteiger partial charge in [-0.1, -0.05) is 43.3 Å². The quantitative estimate of drug-likeness (QED) is 0.505. The van der Waals surface area contributed by atoms with E-state index < -0.39 is 0 Å². The molecule has 4 aromatic rings. The van der Waals surface area contributed by atoms with Gasteiger partial charge in [0, 0.05) is 25.3 Å². The predicted octanol–water partition coefficient (Wildman–Crippen LogP) is 4.10. The van der Waals surface area contributed by atoms with Crippen molar-refractivity contribution in [3.63, 3.8) is 0 Å². The Morgan fingerprint density at radius 2 is 1.90 bits per heavy atom. The Morgan fingerprint density at radius 3 is 2.71 bits per heavy atom. The highest BCUT2D eigenvalue weighted by Crippen LogP contribution is 2.25. The molecular formula is C25H26N4O2. The molecule has 0 N–H and O–H groups in total. The molecule has 1 aromatic carbocycles. The van der Waals surface area contributed by atoms with Gasteiger partial charge < -0.3 is 9.47 Å². The first kappa shape index (κ1) is 19.5. The Bertz CT molecular complexity index is 1310. The van der Waals surface area contributed by atoms with E-state index in [9.17, 15) is 9.59 Å². The Morgan fingerprint density at radius 1 is 1.10 bits per heavy atom.